The van der Waals surface area contributed by atoms with Gasteiger partial charge in [-0.05, 0) is 56.9 Å². The summed E-state index contributed by atoms with van der Waals surface area (Å²) in [6.45, 7) is 9.36. The van der Waals surface area contributed by atoms with Crippen molar-refractivity contribution >= 4 is 23.4 Å². The van der Waals surface area contributed by atoms with Crippen LogP contribution >= 0.6 is 0 Å². The molecule has 3 amide bonds. The molecule has 11 nitrogen and oxygen atoms in total. The lowest BCUT2D eigenvalue weighted by Gasteiger charge is -2.29. The van der Waals surface area contributed by atoms with Crippen LogP contribution in [0.3, 0.4) is 0 Å². The average molecular weight is 575 g/mol. The summed E-state index contributed by atoms with van der Waals surface area (Å²) < 4.78 is 1.81. The van der Waals surface area contributed by atoms with E-state index in [1.807, 2.05) is 49.4 Å². The third-order valence-corrected chi connectivity index (χ3v) is 7.53. The van der Waals surface area contributed by atoms with Crippen molar-refractivity contribution in [3.05, 3.63) is 71.6 Å². The number of anilines is 1. The van der Waals surface area contributed by atoms with E-state index in [0.29, 0.717) is 61.9 Å². The van der Waals surface area contributed by atoms with Crippen molar-refractivity contribution in [2.75, 3.05) is 25.5 Å². The normalized spacial score (nSPS) is 18.8. The van der Waals surface area contributed by atoms with Crippen LogP contribution in [0, 0.1) is 12.8 Å². The first kappa shape index (κ1) is 30.7. The molecule has 3 aromatic rings. The van der Waals surface area contributed by atoms with Crippen LogP contribution < -0.4 is 10.6 Å². The number of benzene rings is 1. The fourth-order valence-electron chi connectivity index (χ4n) is 5.09. The van der Waals surface area contributed by atoms with Crippen molar-refractivity contribution in [3.63, 3.8) is 0 Å². The van der Waals surface area contributed by atoms with E-state index in [9.17, 15) is 14.4 Å². The van der Waals surface area contributed by atoms with Crippen molar-refractivity contribution in [1.29, 1.82) is 0 Å². The predicted octanol–water partition coefficient (Wildman–Crippen LogP) is 3.58. The van der Waals surface area contributed by atoms with Gasteiger partial charge in [0, 0.05) is 38.4 Å². The van der Waals surface area contributed by atoms with E-state index in [1.165, 1.54) is 4.90 Å². The molecular formula is C31H42N8O3. The van der Waals surface area contributed by atoms with Gasteiger partial charge in [-0.2, -0.15) is 5.10 Å². The summed E-state index contributed by atoms with van der Waals surface area (Å²) >= 11 is 0. The largest absolute Gasteiger partial charge is 0.379 e. The molecule has 1 aliphatic heterocycles. The molecule has 2 atom stereocenters. The minimum atomic E-state index is -0.651. The van der Waals surface area contributed by atoms with Crippen molar-refractivity contribution < 1.29 is 14.4 Å². The Balaban J connectivity index is 1.63. The Labute approximate surface area is 247 Å². The lowest BCUT2D eigenvalue weighted by molar-refractivity contribution is -0.138. The van der Waals surface area contributed by atoms with Crippen LogP contribution in [0.15, 0.2) is 48.7 Å². The van der Waals surface area contributed by atoms with Gasteiger partial charge in [-0.15, -0.1) is 0 Å². The third-order valence-electron chi connectivity index (χ3n) is 7.53. The van der Waals surface area contributed by atoms with Gasteiger partial charge in [0.05, 0.1) is 30.4 Å². The van der Waals surface area contributed by atoms with Crippen LogP contribution in [0.2, 0.25) is 0 Å². The number of hydrogen-bond donors (Lipinski definition) is 2. The van der Waals surface area contributed by atoms with Crippen LogP contribution in [-0.2, 0) is 22.7 Å². The topological polar surface area (TPSA) is 125 Å². The van der Waals surface area contributed by atoms with Gasteiger partial charge in [0.1, 0.15) is 17.7 Å². The molecule has 0 unspecified atom stereocenters. The van der Waals surface area contributed by atoms with Gasteiger partial charge in [0.25, 0.3) is 5.91 Å². The second-order valence-electron chi connectivity index (χ2n) is 11.2. The maximum atomic E-state index is 14.0. The van der Waals surface area contributed by atoms with Crippen molar-refractivity contribution in [2.45, 2.75) is 72.1 Å². The maximum absolute atomic E-state index is 14.0. The number of amides is 3. The molecule has 0 aliphatic carbocycles. The molecule has 11 heteroatoms. The fraction of sp³-hybridized carbons (Fsp3) is 0.484. The van der Waals surface area contributed by atoms with E-state index in [0.717, 1.165) is 5.69 Å². The van der Waals surface area contributed by atoms with Gasteiger partial charge in [0.2, 0.25) is 11.8 Å². The molecular weight excluding hydrogens is 532 g/mol. The first-order valence-corrected chi connectivity index (χ1v) is 14.6. The van der Waals surface area contributed by atoms with Crippen molar-refractivity contribution in [3.8, 4) is 0 Å². The zero-order valence-corrected chi connectivity index (χ0v) is 25.2. The molecule has 3 heterocycles. The van der Waals surface area contributed by atoms with Crippen LogP contribution in [0.25, 0.3) is 0 Å². The summed E-state index contributed by atoms with van der Waals surface area (Å²) in [5.41, 5.74) is 2.13. The molecule has 0 saturated heterocycles. The van der Waals surface area contributed by atoms with E-state index >= 15 is 0 Å². The molecule has 0 bridgehead atoms. The first-order chi connectivity index (χ1) is 20.1. The summed E-state index contributed by atoms with van der Waals surface area (Å²) in [5, 5.41) is 11.1. The minimum absolute atomic E-state index is 0.134. The zero-order valence-electron chi connectivity index (χ0n) is 25.2. The number of hydrogen-bond acceptors (Lipinski definition) is 7. The second-order valence-corrected chi connectivity index (χ2v) is 11.2. The molecule has 1 aromatic carbocycles. The molecule has 224 valence electrons. The van der Waals surface area contributed by atoms with Gasteiger partial charge in [-0.25, -0.2) is 9.67 Å². The van der Waals surface area contributed by atoms with Gasteiger partial charge in [-0.1, -0.05) is 32.0 Å². The molecule has 4 rings (SSSR count). The highest BCUT2D eigenvalue weighted by atomic mass is 16.2. The van der Waals surface area contributed by atoms with Gasteiger partial charge < -0.3 is 20.4 Å². The number of carbonyl (C=O) groups is 3. The number of nitrogens with zero attached hydrogens (tertiary/aromatic N) is 6. The standard InChI is InChI=1S/C31H42N8O3/c1-21(2)19-27-29-34-23(4)36-39(29)18-17-38(16-10-14-28(40)37(5)22(3)30(41)35-27)31(42)25-12-6-7-13-26(25)33-20-24-11-8-9-15-32-24/h6-9,11-13,15,21-22,27,33H,10,14,16-20H2,1-5H3,(H,35,41)/t22-,27+/m0/s1. The fourth-order valence-corrected chi connectivity index (χ4v) is 5.09. The number of likely N-dealkylation sites (N-methyl/N-ethyl adjacent to an activating group) is 1. The Morgan fingerprint density at radius 3 is 2.60 bits per heavy atom. The van der Waals surface area contributed by atoms with Gasteiger partial charge >= 0.3 is 0 Å². The summed E-state index contributed by atoms with van der Waals surface area (Å²) in [5.74, 6) is 1.02. The summed E-state index contributed by atoms with van der Waals surface area (Å²) in [4.78, 5) is 52.5. The van der Waals surface area contributed by atoms with E-state index in [2.05, 4.69) is 39.5 Å². The number of para-hydroxylation sites is 1. The molecule has 0 fully saturated rings. The highest BCUT2D eigenvalue weighted by Crippen LogP contribution is 2.23. The molecule has 2 N–H and O–H groups in total. The molecule has 2 aromatic heterocycles. The predicted molar refractivity (Wildman–Crippen MR) is 160 cm³/mol. The number of rotatable bonds is 6. The van der Waals surface area contributed by atoms with Crippen LogP contribution in [0.5, 0.6) is 0 Å². The number of carbonyl (C=O) groups excluding carboxylic acids is 3. The van der Waals surface area contributed by atoms with Crippen molar-refractivity contribution in [2.24, 2.45) is 5.92 Å². The summed E-state index contributed by atoms with van der Waals surface area (Å²) in [6.07, 6.45) is 3.09. The number of fused-ring (bicyclic) bond motifs is 1. The van der Waals surface area contributed by atoms with E-state index in [-0.39, 0.29) is 36.1 Å². The molecule has 0 spiro atoms. The Bertz CT molecular complexity index is 1370. The van der Waals surface area contributed by atoms with E-state index in [4.69, 9.17) is 0 Å². The van der Waals surface area contributed by atoms with Crippen LogP contribution in [0.1, 0.15) is 73.8 Å². The van der Waals surface area contributed by atoms with E-state index in [1.54, 1.807) is 29.7 Å². The van der Waals surface area contributed by atoms with Gasteiger partial charge in [0.15, 0.2) is 0 Å². The monoisotopic (exact) mass is 574 g/mol. The lowest BCUT2D eigenvalue weighted by Crippen LogP contribution is -2.47. The second kappa shape index (κ2) is 14.1. The maximum Gasteiger partial charge on any atom is 0.256 e. The number of aryl methyl sites for hydroxylation is 1. The number of aromatic nitrogens is 4. The van der Waals surface area contributed by atoms with Crippen molar-refractivity contribution in [1.82, 2.24) is 34.9 Å². The first-order valence-electron chi connectivity index (χ1n) is 14.6. The Hall–Kier alpha value is -4.28. The molecule has 0 saturated carbocycles. The zero-order chi connectivity index (χ0) is 30.2. The smallest absolute Gasteiger partial charge is 0.256 e. The highest BCUT2D eigenvalue weighted by molar-refractivity contribution is 5.99. The minimum Gasteiger partial charge on any atom is -0.379 e. The Kier molecular flexibility index (Phi) is 10.3. The SMILES string of the molecule is Cc1nc2n(n1)CCN(C(=O)c1ccccc1NCc1ccccn1)CCCC(=O)N(C)[C@@H](C)C(=O)N[C@@H]2CC(C)C. The summed E-state index contributed by atoms with van der Waals surface area (Å²) in [6, 6.07) is 12.1. The van der Waals surface area contributed by atoms with Crippen LogP contribution in [-0.4, -0.2) is 73.4 Å². The number of nitrogens with one attached hydrogen (secondary N) is 2. The average Bonchev–Trinajstić information content (AvgIpc) is 3.36. The highest BCUT2D eigenvalue weighted by Gasteiger charge is 2.29. The van der Waals surface area contributed by atoms with Gasteiger partial charge in [-0.3, -0.25) is 19.4 Å². The quantitative estimate of drug-likeness (QED) is 0.461. The number of pyridine rings is 1. The molecule has 42 heavy (non-hydrogen) atoms. The Morgan fingerprint density at radius 2 is 1.86 bits per heavy atom. The Morgan fingerprint density at radius 1 is 1.10 bits per heavy atom. The van der Waals surface area contributed by atoms with E-state index < -0.39 is 6.04 Å². The molecule has 0 radical (unpaired) electrons. The van der Waals surface area contributed by atoms with Crippen LogP contribution in [0.4, 0.5) is 5.69 Å². The lowest BCUT2D eigenvalue weighted by atomic mass is 10.0. The summed E-state index contributed by atoms with van der Waals surface area (Å²) in [7, 11) is 1.65. The molecule has 1 aliphatic rings. The third kappa shape index (κ3) is 7.71.